The normalized spacial score (nSPS) is 30.6. The van der Waals surface area contributed by atoms with Gasteiger partial charge in [0.05, 0.1) is 25.9 Å². The largest absolute Gasteiger partial charge is 0.467 e. The van der Waals surface area contributed by atoms with Crippen molar-refractivity contribution in [2.75, 3.05) is 20.3 Å². The lowest BCUT2D eigenvalue weighted by Crippen LogP contribution is -2.66. The topological polar surface area (TPSA) is 167 Å². The molecule has 0 amide bonds. The van der Waals surface area contributed by atoms with Crippen LogP contribution in [0.1, 0.15) is 39.5 Å². The van der Waals surface area contributed by atoms with Crippen LogP contribution in [0, 0.1) is 5.92 Å². The number of rotatable bonds is 11. The first-order valence-electron chi connectivity index (χ1n) is 14.7. The lowest BCUT2D eigenvalue weighted by atomic mass is 9.77. The maximum absolute atomic E-state index is 12.7. The molecule has 1 saturated heterocycles. The summed E-state index contributed by atoms with van der Waals surface area (Å²) in [6.07, 6.45) is -1.73. The fourth-order valence-corrected chi connectivity index (χ4v) is 10.3. The number of nitrogens with two attached hydrogens (primary N) is 2. The fourth-order valence-electron chi connectivity index (χ4n) is 6.57. The van der Waals surface area contributed by atoms with Gasteiger partial charge in [-0.15, -0.1) is 0 Å². The van der Waals surface area contributed by atoms with E-state index in [4.69, 9.17) is 25.7 Å². The van der Waals surface area contributed by atoms with Gasteiger partial charge in [-0.1, -0.05) is 74.5 Å². The molecule has 1 aliphatic heterocycles. The Balaban J connectivity index is 1.60. The van der Waals surface area contributed by atoms with Crippen molar-refractivity contribution in [3.05, 3.63) is 60.7 Å². The minimum absolute atomic E-state index is 0.134. The van der Waals surface area contributed by atoms with E-state index in [1.807, 2.05) is 60.7 Å². The SMILES string of the molecule is COC(=O)COC1C(N)[C@H](O[C@@H]2CCC[C@H](N)[C@H]2CC(C)(C)[Si](O)(c2ccccc2)c2ccccc2)OC(CO)[C@H]1O. The van der Waals surface area contributed by atoms with Gasteiger partial charge in [-0.2, -0.15) is 0 Å². The summed E-state index contributed by atoms with van der Waals surface area (Å²) in [5.74, 6) is -0.752. The molecule has 0 spiro atoms. The summed E-state index contributed by atoms with van der Waals surface area (Å²) in [6, 6.07) is 18.6. The van der Waals surface area contributed by atoms with Crippen molar-refractivity contribution >= 4 is 24.7 Å². The number of carbonyl (C=O) groups is 1. The van der Waals surface area contributed by atoms with E-state index in [-0.39, 0.29) is 18.1 Å². The third-order valence-corrected chi connectivity index (χ3v) is 13.5. The number of benzene rings is 2. The number of aliphatic hydroxyl groups excluding tert-OH is 2. The molecule has 1 saturated carbocycles. The first-order chi connectivity index (χ1) is 20.0. The van der Waals surface area contributed by atoms with Crippen LogP contribution in [0.3, 0.4) is 0 Å². The fraction of sp³-hybridized carbons (Fsp3) is 0.581. The zero-order valence-corrected chi connectivity index (χ0v) is 25.7. The van der Waals surface area contributed by atoms with E-state index in [1.165, 1.54) is 7.11 Å². The summed E-state index contributed by atoms with van der Waals surface area (Å²) in [7, 11) is -2.06. The maximum atomic E-state index is 12.7. The van der Waals surface area contributed by atoms with Gasteiger partial charge in [-0.05, 0) is 41.1 Å². The van der Waals surface area contributed by atoms with E-state index in [1.54, 1.807) is 0 Å². The average molecular weight is 603 g/mol. The van der Waals surface area contributed by atoms with Crippen LogP contribution in [0.25, 0.3) is 0 Å². The van der Waals surface area contributed by atoms with Gasteiger partial charge in [-0.3, -0.25) is 0 Å². The molecule has 42 heavy (non-hydrogen) atoms. The van der Waals surface area contributed by atoms with Gasteiger partial charge < -0.3 is 45.4 Å². The molecule has 2 aromatic rings. The zero-order chi connectivity index (χ0) is 30.5. The monoisotopic (exact) mass is 602 g/mol. The smallest absolute Gasteiger partial charge is 0.331 e. The molecule has 2 fully saturated rings. The first kappa shape index (κ1) is 32.7. The van der Waals surface area contributed by atoms with Crippen molar-refractivity contribution in [1.29, 1.82) is 0 Å². The van der Waals surface area contributed by atoms with Crippen LogP contribution in [-0.4, -0.2) is 92.4 Å². The minimum Gasteiger partial charge on any atom is -0.467 e. The van der Waals surface area contributed by atoms with Gasteiger partial charge in [0.25, 0.3) is 8.32 Å². The predicted molar refractivity (Wildman–Crippen MR) is 160 cm³/mol. The molecule has 2 aromatic carbocycles. The summed E-state index contributed by atoms with van der Waals surface area (Å²) in [6.45, 7) is 3.31. The summed E-state index contributed by atoms with van der Waals surface area (Å²) in [4.78, 5) is 24.4. The zero-order valence-electron chi connectivity index (χ0n) is 24.7. The molecule has 2 aliphatic rings. The summed E-state index contributed by atoms with van der Waals surface area (Å²) in [5, 5.41) is 21.9. The molecule has 0 aromatic heterocycles. The quantitative estimate of drug-likeness (QED) is 0.179. The van der Waals surface area contributed by atoms with Gasteiger partial charge in [0.2, 0.25) is 0 Å². The van der Waals surface area contributed by atoms with E-state index in [0.717, 1.165) is 23.2 Å². The summed E-state index contributed by atoms with van der Waals surface area (Å²) >= 11 is 0. The van der Waals surface area contributed by atoms with Gasteiger partial charge in [-0.25, -0.2) is 4.79 Å². The Kier molecular flexibility index (Phi) is 11.0. The molecule has 0 bridgehead atoms. The molecule has 4 rings (SSSR count). The molecule has 0 radical (unpaired) electrons. The van der Waals surface area contributed by atoms with E-state index in [2.05, 4.69) is 18.6 Å². The predicted octanol–water partition coefficient (Wildman–Crippen LogP) is 0.385. The van der Waals surface area contributed by atoms with E-state index in [0.29, 0.717) is 12.8 Å². The third-order valence-electron chi connectivity index (χ3n) is 8.99. The van der Waals surface area contributed by atoms with Crippen molar-refractivity contribution in [2.24, 2.45) is 17.4 Å². The Morgan fingerprint density at radius 3 is 2.19 bits per heavy atom. The molecule has 3 unspecified atom stereocenters. The highest BCUT2D eigenvalue weighted by molar-refractivity contribution is 6.98. The van der Waals surface area contributed by atoms with Crippen LogP contribution >= 0.6 is 0 Å². The molecule has 11 heteroatoms. The first-order valence-corrected chi connectivity index (χ1v) is 16.6. The number of carbonyl (C=O) groups excluding carboxylic acids is 1. The summed E-state index contributed by atoms with van der Waals surface area (Å²) in [5.41, 5.74) is 13.2. The lowest BCUT2D eigenvalue weighted by molar-refractivity contribution is -0.290. The van der Waals surface area contributed by atoms with E-state index in [9.17, 15) is 19.8 Å². The standard InChI is InChI=1S/C31H46N2O8Si/c1-31(2,42(37,20-11-6-4-7-12-20)21-13-8-5-9-14-21)17-22-23(32)15-10-16-24(22)40-30-27(33)29(39-19-26(35)38-3)28(36)25(18-34)41-30/h4-9,11-14,22-25,27-30,34,36-37H,10,15-19,32-33H2,1-3H3/t22-,23+,24-,25?,27?,28-,29?,30-/m1/s1. The minimum atomic E-state index is -3.30. The molecule has 1 aliphatic carbocycles. The molecule has 232 valence electrons. The second kappa shape index (κ2) is 14.1. The van der Waals surface area contributed by atoms with Gasteiger partial charge >= 0.3 is 5.97 Å². The Bertz CT molecular complexity index is 1100. The van der Waals surface area contributed by atoms with E-state index < -0.39 is 63.2 Å². The van der Waals surface area contributed by atoms with Crippen molar-refractivity contribution in [1.82, 2.24) is 0 Å². The number of hydrogen-bond donors (Lipinski definition) is 5. The van der Waals surface area contributed by atoms with Crippen LogP contribution in [0.2, 0.25) is 5.04 Å². The Morgan fingerprint density at radius 2 is 1.64 bits per heavy atom. The van der Waals surface area contributed by atoms with Crippen molar-refractivity contribution in [2.45, 2.75) is 87.4 Å². The second-order valence-corrected chi connectivity index (χ2v) is 16.0. The molecular formula is C31H46N2O8Si. The Morgan fingerprint density at radius 1 is 1.05 bits per heavy atom. The Hall–Kier alpha value is -2.19. The number of hydrogen-bond acceptors (Lipinski definition) is 10. The molecule has 7 N–H and O–H groups in total. The molecule has 1 heterocycles. The van der Waals surface area contributed by atoms with E-state index >= 15 is 0 Å². The highest BCUT2D eigenvalue weighted by Crippen LogP contribution is 2.45. The number of methoxy groups -OCH3 is 1. The molecular weight excluding hydrogens is 556 g/mol. The lowest BCUT2D eigenvalue weighted by Gasteiger charge is -2.48. The van der Waals surface area contributed by atoms with Crippen molar-refractivity contribution in [3.8, 4) is 0 Å². The Labute approximate surface area is 249 Å². The second-order valence-electron chi connectivity index (χ2n) is 12.1. The molecule has 8 atom stereocenters. The van der Waals surface area contributed by atoms with Gasteiger partial charge in [0, 0.05) is 12.0 Å². The van der Waals surface area contributed by atoms with Crippen molar-refractivity contribution in [3.63, 3.8) is 0 Å². The van der Waals surface area contributed by atoms with Crippen LogP contribution in [0.4, 0.5) is 0 Å². The van der Waals surface area contributed by atoms with Gasteiger partial charge in [0.1, 0.15) is 24.9 Å². The number of aliphatic hydroxyl groups is 2. The van der Waals surface area contributed by atoms with Crippen LogP contribution in [0.15, 0.2) is 60.7 Å². The highest BCUT2D eigenvalue weighted by atomic mass is 28.4. The molecule has 10 nitrogen and oxygen atoms in total. The number of ether oxygens (including phenoxy) is 4. The van der Waals surface area contributed by atoms with Crippen LogP contribution in [0.5, 0.6) is 0 Å². The summed E-state index contributed by atoms with van der Waals surface area (Å²) < 4.78 is 22.7. The average Bonchev–Trinajstić information content (AvgIpc) is 3.00. The van der Waals surface area contributed by atoms with Gasteiger partial charge in [0.15, 0.2) is 6.29 Å². The highest BCUT2D eigenvalue weighted by Gasteiger charge is 2.53. The van der Waals surface area contributed by atoms with Crippen LogP contribution in [-0.2, 0) is 23.7 Å². The van der Waals surface area contributed by atoms with Crippen molar-refractivity contribution < 1.29 is 38.8 Å². The third kappa shape index (κ3) is 6.80. The number of esters is 1. The van der Waals surface area contributed by atoms with Crippen LogP contribution < -0.4 is 21.8 Å². The maximum Gasteiger partial charge on any atom is 0.331 e.